The SMILES string of the molecule is CC(C)c1cc(C2CCCCC2)cc(C=Nc2ccccc2)c1O.[Cl][Ti][Cl]. The zero-order valence-electron chi connectivity index (χ0n) is 16.0. The van der Waals surface area contributed by atoms with Gasteiger partial charge in [-0.25, -0.2) is 0 Å². The van der Waals surface area contributed by atoms with E-state index in [1.165, 1.54) is 37.7 Å². The fourth-order valence-electron chi connectivity index (χ4n) is 3.57. The standard InChI is InChI=1S/C22H27NO.2ClH.Ti/c1-16(2)21-14-18(17-9-5-3-6-10-17)13-19(22(21)24)15-23-20-11-7-4-8-12-20;;;/h4,7-8,11-17,24H,3,5-6,9-10H2,1-2H3;2*1H;/q;;;+2/p-2. The van der Waals surface area contributed by atoms with Crippen molar-refractivity contribution in [1.82, 2.24) is 0 Å². The zero-order chi connectivity index (χ0) is 19.6. The third kappa shape index (κ3) is 6.95. The van der Waals surface area contributed by atoms with E-state index in [0.29, 0.717) is 17.6 Å². The van der Waals surface area contributed by atoms with Gasteiger partial charge in [0.05, 0.1) is 5.69 Å². The van der Waals surface area contributed by atoms with Crippen LogP contribution < -0.4 is 0 Å². The van der Waals surface area contributed by atoms with Gasteiger partial charge >= 0.3 is 35.6 Å². The Bertz CT molecular complexity index is 729. The molecule has 0 bridgehead atoms. The molecule has 0 spiro atoms. The normalized spacial score (nSPS) is 14.9. The average Bonchev–Trinajstić information content (AvgIpc) is 2.69. The van der Waals surface area contributed by atoms with Crippen molar-refractivity contribution < 1.29 is 22.1 Å². The Balaban J connectivity index is 0.000000817. The van der Waals surface area contributed by atoms with Crippen LogP contribution in [0.5, 0.6) is 5.75 Å². The maximum absolute atomic E-state index is 10.7. The van der Waals surface area contributed by atoms with E-state index >= 15 is 0 Å². The molecule has 1 saturated carbocycles. The molecule has 2 nitrogen and oxygen atoms in total. The van der Waals surface area contributed by atoms with Crippen molar-refractivity contribution in [3.05, 3.63) is 59.2 Å². The Labute approximate surface area is 179 Å². The van der Waals surface area contributed by atoms with Gasteiger partial charge in [-0.1, -0.05) is 57.4 Å². The van der Waals surface area contributed by atoms with Crippen LogP contribution in [0.3, 0.4) is 0 Å². The molecular weight excluding hydrogens is 413 g/mol. The van der Waals surface area contributed by atoms with Crippen LogP contribution >= 0.6 is 18.6 Å². The first-order valence-electron chi connectivity index (χ1n) is 9.49. The molecule has 1 N–H and O–H groups in total. The predicted molar refractivity (Wildman–Crippen MR) is 113 cm³/mol. The van der Waals surface area contributed by atoms with Gasteiger partial charge in [-0.3, -0.25) is 4.99 Å². The third-order valence-corrected chi connectivity index (χ3v) is 5.00. The summed E-state index contributed by atoms with van der Waals surface area (Å²) < 4.78 is 0. The van der Waals surface area contributed by atoms with Gasteiger partial charge in [-0.05, 0) is 54.0 Å². The van der Waals surface area contributed by atoms with Gasteiger partial charge in [-0.15, -0.1) is 0 Å². The van der Waals surface area contributed by atoms with E-state index in [4.69, 9.17) is 18.6 Å². The Morgan fingerprint density at radius 2 is 1.70 bits per heavy atom. The quantitative estimate of drug-likeness (QED) is 0.384. The molecule has 5 heteroatoms. The van der Waals surface area contributed by atoms with Gasteiger partial charge in [0.2, 0.25) is 0 Å². The fraction of sp³-hybridized carbons (Fsp3) is 0.409. The van der Waals surface area contributed by atoms with E-state index in [1.807, 2.05) is 36.5 Å². The molecule has 27 heavy (non-hydrogen) atoms. The van der Waals surface area contributed by atoms with Crippen LogP contribution in [0.1, 0.15) is 74.5 Å². The van der Waals surface area contributed by atoms with Crippen LogP contribution in [-0.4, -0.2) is 11.3 Å². The number of hydrogen-bond acceptors (Lipinski definition) is 2. The minimum atomic E-state index is -0.556. The molecule has 0 atom stereocenters. The molecule has 0 saturated heterocycles. The second-order valence-corrected chi connectivity index (χ2v) is 9.78. The second kappa shape index (κ2) is 11.9. The summed E-state index contributed by atoms with van der Waals surface area (Å²) in [4.78, 5) is 4.54. The molecule has 144 valence electrons. The average molecular weight is 440 g/mol. The van der Waals surface area contributed by atoms with E-state index in [1.54, 1.807) is 0 Å². The number of benzene rings is 2. The number of halogens is 2. The molecule has 2 aromatic rings. The summed E-state index contributed by atoms with van der Waals surface area (Å²) in [5.41, 5.74) is 4.15. The number of aliphatic imine (C=N–C) groups is 1. The topological polar surface area (TPSA) is 32.6 Å². The van der Waals surface area contributed by atoms with Gasteiger partial charge in [-0.2, -0.15) is 0 Å². The monoisotopic (exact) mass is 439 g/mol. The molecule has 0 aromatic heterocycles. The summed E-state index contributed by atoms with van der Waals surface area (Å²) in [5, 5.41) is 10.7. The summed E-state index contributed by atoms with van der Waals surface area (Å²) in [6.45, 7) is 4.27. The summed E-state index contributed by atoms with van der Waals surface area (Å²) in [7, 11) is 9.78. The molecule has 1 aliphatic rings. The Morgan fingerprint density at radius 1 is 1.07 bits per heavy atom. The van der Waals surface area contributed by atoms with Crippen LogP contribution in [0.4, 0.5) is 5.69 Å². The number of rotatable bonds is 4. The molecule has 0 radical (unpaired) electrons. The van der Waals surface area contributed by atoms with Gasteiger partial charge in [0.15, 0.2) is 0 Å². The van der Waals surface area contributed by atoms with E-state index in [-0.39, 0.29) is 0 Å². The van der Waals surface area contributed by atoms with Crippen molar-refractivity contribution in [1.29, 1.82) is 0 Å². The van der Waals surface area contributed by atoms with Crippen LogP contribution in [0, 0.1) is 0 Å². The summed E-state index contributed by atoms with van der Waals surface area (Å²) in [6, 6.07) is 14.2. The van der Waals surface area contributed by atoms with Crippen molar-refractivity contribution in [2.75, 3.05) is 0 Å². The van der Waals surface area contributed by atoms with Gasteiger partial charge < -0.3 is 5.11 Å². The number of para-hydroxylation sites is 1. The minimum absolute atomic E-state index is 0.303. The van der Waals surface area contributed by atoms with E-state index in [9.17, 15) is 5.11 Å². The van der Waals surface area contributed by atoms with E-state index in [0.717, 1.165) is 16.8 Å². The number of phenols is 1. The molecular formula is C22H27Cl2NOTi. The van der Waals surface area contributed by atoms with Crippen molar-refractivity contribution in [3.8, 4) is 5.75 Å². The number of nitrogens with zero attached hydrogens (tertiary/aromatic N) is 1. The van der Waals surface area contributed by atoms with E-state index in [2.05, 4.69) is 31.0 Å². The Morgan fingerprint density at radius 3 is 2.30 bits per heavy atom. The van der Waals surface area contributed by atoms with Gasteiger partial charge in [0.25, 0.3) is 0 Å². The van der Waals surface area contributed by atoms with Gasteiger partial charge in [0.1, 0.15) is 5.75 Å². The van der Waals surface area contributed by atoms with Gasteiger partial charge in [0, 0.05) is 11.8 Å². The zero-order valence-corrected chi connectivity index (χ0v) is 19.0. The first-order chi connectivity index (χ1) is 13.1. The molecule has 0 unspecified atom stereocenters. The Hall–Kier alpha value is -0.796. The molecule has 0 aliphatic heterocycles. The molecule has 1 fully saturated rings. The second-order valence-electron chi connectivity index (χ2n) is 7.20. The first-order valence-corrected chi connectivity index (χ1v) is 13.8. The number of phenolic OH excluding ortho intramolecular Hbond substituents is 1. The molecule has 1 aliphatic carbocycles. The van der Waals surface area contributed by atoms with Crippen molar-refractivity contribution in [2.24, 2.45) is 4.99 Å². The Kier molecular flexibility index (Phi) is 9.93. The summed E-state index contributed by atoms with van der Waals surface area (Å²) in [5.74, 6) is 1.31. The van der Waals surface area contributed by atoms with Crippen LogP contribution in [0.2, 0.25) is 0 Å². The molecule has 3 rings (SSSR count). The van der Waals surface area contributed by atoms with Crippen LogP contribution in [0.15, 0.2) is 47.5 Å². The van der Waals surface area contributed by atoms with Crippen molar-refractivity contribution in [2.45, 2.75) is 57.8 Å². The summed E-state index contributed by atoms with van der Waals surface area (Å²) in [6.07, 6.45) is 8.32. The van der Waals surface area contributed by atoms with Crippen LogP contribution in [0.25, 0.3) is 0 Å². The maximum atomic E-state index is 10.7. The number of hydrogen-bond donors (Lipinski definition) is 1. The molecule has 0 amide bonds. The van der Waals surface area contributed by atoms with Crippen LogP contribution in [-0.2, 0) is 17.0 Å². The van der Waals surface area contributed by atoms with Crippen molar-refractivity contribution >= 4 is 30.5 Å². The molecule has 2 aromatic carbocycles. The fourth-order valence-corrected chi connectivity index (χ4v) is 3.57. The number of aromatic hydroxyl groups is 1. The predicted octanol–water partition coefficient (Wildman–Crippen LogP) is 7.69. The third-order valence-electron chi connectivity index (χ3n) is 5.00. The molecule has 0 heterocycles. The first kappa shape index (κ1) is 22.5. The summed E-state index contributed by atoms with van der Waals surface area (Å²) >= 11 is -0.556. The van der Waals surface area contributed by atoms with Crippen molar-refractivity contribution in [3.63, 3.8) is 0 Å². The van der Waals surface area contributed by atoms with E-state index < -0.39 is 17.0 Å².